The number of alkyl carbamates (subject to hydrolysis) is 1. The van der Waals surface area contributed by atoms with Crippen LogP contribution in [-0.2, 0) is 20.7 Å². The fraction of sp³-hybridized carbons (Fsp3) is 0.500. The van der Waals surface area contributed by atoms with Crippen molar-refractivity contribution in [1.29, 1.82) is 0 Å². The number of hydrogen-bond donors (Lipinski definition) is 3. The van der Waals surface area contributed by atoms with E-state index in [4.69, 9.17) is 4.74 Å². The van der Waals surface area contributed by atoms with Crippen LogP contribution in [-0.4, -0.2) is 34.7 Å². The molecular formula is C18H25FN2O5. The normalized spacial score (nSPS) is 12.2. The van der Waals surface area contributed by atoms with Crippen LogP contribution in [0.3, 0.4) is 0 Å². The number of carbonyl (C=O) groups is 3. The third-order valence-electron chi connectivity index (χ3n) is 3.46. The zero-order chi connectivity index (χ0) is 20.1. The molecule has 0 spiro atoms. The van der Waals surface area contributed by atoms with E-state index in [2.05, 4.69) is 10.6 Å². The van der Waals surface area contributed by atoms with Crippen LogP contribution in [0.25, 0.3) is 0 Å². The number of aliphatic carboxylic acids is 1. The van der Waals surface area contributed by atoms with Crippen LogP contribution in [0.5, 0.6) is 0 Å². The number of carboxylic acids is 1. The van der Waals surface area contributed by atoms with E-state index in [0.717, 1.165) is 0 Å². The Morgan fingerprint density at radius 3 is 2.38 bits per heavy atom. The fourth-order valence-electron chi connectivity index (χ4n) is 2.28. The first kappa shape index (κ1) is 21.4. The molecule has 0 saturated carbocycles. The number of hydrogen-bond acceptors (Lipinski definition) is 4. The van der Waals surface area contributed by atoms with Crippen molar-refractivity contribution in [2.45, 2.75) is 59.1 Å². The largest absolute Gasteiger partial charge is 0.480 e. The molecule has 1 atom stereocenters. The van der Waals surface area contributed by atoms with Crippen molar-refractivity contribution in [2.24, 2.45) is 0 Å². The molecule has 0 aliphatic rings. The van der Waals surface area contributed by atoms with Gasteiger partial charge in [0, 0.05) is 12.6 Å². The molecule has 0 radical (unpaired) electrons. The minimum Gasteiger partial charge on any atom is -0.480 e. The number of anilines is 1. The molecule has 1 rings (SSSR count). The number of nitrogens with one attached hydrogen (secondary N) is 2. The second kappa shape index (κ2) is 8.64. The van der Waals surface area contributed by atoms with Gasteiger partial charge in [0.05, 0.1) is 0 Å². The molecule has 26 heavy (non-hydrogen) atoms. The van der Waals surface area contributed by atoms with Gasteiger partial charge in [0.1, 0.15) is 17.5 Å². The van der Waals surface area contributed by atoms with E-state index in [1.54, 1.807) is 33.8 Å². The number of amides is 2. The molecular weight excluding hydrogens is 343 g/mol. The van der Waals surface area contributed by atoms with Crippen LogP contribution in [0.4, 0.5) is 14.9 Å². The Kier molecular flexibility index (Phi) is 7.11. The summed E-state index contributed by atoms with van der Waals surface area (Å²) in [4.78, 5) is 34.3. The Morgan fingerprint density at radius 2 is 1.88 bits per heavy atom. The van der Waals surface area contributed by atoms with Gasteiger partial charge in [0.2, 0.25) is 5.91 Å². The van der Waals surface area contributed by atoms with Crippen LogP contribution in [0.2, 0.25) is 0 Å². The third kappa shape index (κ3) is 7.08. The molecule has 0 aliphatic carbocycles. The lowest BCUT2D eigenvalue weighted by atomic mass is 9.99. The van der Waals surface area contributed by atoms with Crippen molar-refractivity contribution < 1.29 is 28.6 Å². The highest BCUT2D eigenvalue weighted by atomic mass is 19.1. The van der Waals surface area contributed by atoms with E-state index in [9.17, 15) is 23.9 Å². The van der Waals surface area contributed by atoms with Crippen molar-refractivity contribution >= 4 is 23.7 Å². The second-order valence-corrected chi connectivity index (χ2v) is 7.00. The van der Waals surface area contributed by atoms with Gasteiger partial charge in [-0.3, -0.25) is 4.79 Å². The Morgan fingerprint density at radius 1 is 1.27 bits per heavy atom. The number of benzene rings is 1. The summed E-state index contributed by atoms with van der Waals surface area (Å²) >= 11 is 0. The molecule has 2 amide bonds. The zero-order valence-electron chi connectivity index (χ0n) is 15.6. The monoisotopic (exact) mass is 368 g/mol. The molecule has 1 aromatic carbocycles. The van der Waals surface area contributed by atoms with Gasteiger partial charge in [-0.2, -0.15) is 0 Å². The summed E-state index contributed by atoms with van der Waals surface area (Å²) in [5.41, 5.74) is 0.452. The van der Waals surface area contributed by atoms with Crippen molar-refractivity contribution in [3.05, 3.63) is 29.1 Å². The molecule has 0 aliphatic heterocycles. The van der Waals surface area contributed by atoms with Gasteiger partial charge in [-0.05, 0) is 63.8 Å². The van der Waals surface area contributed by atoms with Crippen LogP contribution in [0.15, 0.2) is 12.1 Å². The van der Waals surface area contributed by atoms with Gasteiger partial charge in [-0.25, -0.2) is 14.0 Å². The molecule has 8 heteroatoms. The lowest BCUT2D eigenvalue weighted by molar-refractivity contribution is -0.139. The number of ether oxygens (including phenoxy) is 1. The van der Waals surface area contributed by atoms with Crippen molar-refractivity contribution in [2.75, 3.05) is 5.32 Å². The molecule has 3 N–H and O–H groups in total. The van der Waals surface area contributed by atoms with Gasteiger partial charge in [-0.1, -0.05) is 0 Å². The quantitative estimate of drug-likeness (QED) is 0.716. The lowest BCUT2D eigenvalue weighted by Gasteiger charge is -2.22. The molecule has 1 aromatic rings. The van der Waals surface area contributed by atoms with E-state index in [-0.39, 0.29) is 18.7 Å². The van der Waals surface area contributed by atoms with Gasteiger partial charge in [0.25, 0.3) is 0 Å². The van der Waals surface area contributed by atoms with Gasteiger partial charge >= 0.3 is 12.1 Å². The number of rotatable bonds is 6. The van der Waals surface area contributed by atoms with E-state index in [0.29, 0.717) is 16.8 Å². The van der Waals surface area contributed by atoms with Crippen molar-refractivity contribution in [3.8, 4) is 0 Å². The maximum atomic E-state index is 14.0. The highest BCUT2D eigenvalue weighted by molar-refractivity contribution is 5.88. The summed E-state index contributed by atoms with van der Waals surface area (Å²) in [6.07, 6.45) is -0.596. The molecule has 144 valence electrons. The van der Waals surface area contributed by atoms with E-state index in [1.165, 1.54) is 13.0 Å². The molecule has 7 nitrogen and oxygen atoms in total. The maximum Gasteiger partial charge on any atom is 0.408 e. The summed E-state index contributed by atoms with van der Waals surface area (Å²) in [7, 11) is 0. The molecule has 0 unspecified atom stereocenters. The van der Waals surface area contributed by atoms with Crippen LogP contribution >= 0.6 is 0 Å². The van der Waals surface area contributed by atoms with Gasteiger partial charge < -0.3 is 20.5 Å². The molecule has 0 bridgehead atoms. The summed E-state index contributed by atoms with van der Waals surface area (Å²) in [6, 6.07) is 1.61. The topological polar surface area (TPSA) is 105 Å². The van der Waals surface area contributed by atoms with Crippen LogP contribution in [0, 0.1) is 12.7 Å². The minimum atomic E-state index is -1.22. The predicted molar refractivity (Wildman–Crippen MR) is 94.6 cm³/mol. The SMILES string of the molecule is CC(=O)Nc1cc(F)c(C)c(CC[C@H](NC(=O)OC(C)(C)C)C(=O)O)c1. The lowest BCUT2D eigenvalue weighted by Crippen LogP contribution is -2.43. The zero-order valence-corrected chi connectivity index (χ0v) is 15.6. The summed E-state index contributed by atoms with van der Waals surface area (Å²) in [5, 5.41) is 14.1. The average molecular weight is 368 g/mol. The highest BCUT2D eigenvalue weighted by Gasteiger charge is 2.24. The van der Waals surface area contributed by atoms with E-state index in [1.807, 2.05) is 0 Å². The number of carboxylic acid groups (broad SMARTS) is 1. The molecule has 0 fully saturated rings. The smallest absolute Gasteiger partial charge is 0.408 e. The maximum absolute atomic E-state index is 14.0. The molecule has 0 aromatic heterocycles. The highest BCUT2D eigenvalue weighted by Crippen LogP contribution is 2.21. The fourth-order valence-corrected chi connectivity index (χ4v) is 2.28. The van der Waals surface area contributed by atoms with Crippen LogP contribution < -0.4 is 10.6 Å². The predicted octanol–water partition coefficient (Wildman–Crippen LogP) is 3.00. The average Bonchev–Trinajstić information content (AvgIpc) is 2.45. The third-order valence-corrected chi connectivity index (χ3v) is 3.46. The number of halogens is 1. The van der Waals surface area contributed by atoms with Crippen molar-refractivity contribution in [1.82, 2.24) is 5.32 Å². The standard InChI is InChI=1S/C18H25FN2O5/c1-10-12(8-13(9-14(10)19)20-11(2)22)6-7-15(16(23)24)21-17(25)26-18(3,4)5/h8-9,15H,6-7H2,1-5H3,(H,20,22)(H,21,25)(H,23,24)/t15-/m0/s1. The first-order valence-electron chi connectivity index (χ1n) is 8.18. The van der Waals surface area contributed by atoms with E-state index < -0.39 is 29.5 Å². The van der Waals surface area contributed by atoms with Crippen LogP contribution in [0.1, 0.15) is 45.2 Å². The molecule has 0 saturated heterocycles. The Hall–Kier alpha value is -2.64. The van der Waals surface area contributed by atoms with Crippen molar-refractivity contribution in [3.63, 3.8) is 0 Å². The molecule has 0 heterocycles. The second-order valence-electron chi connectivity index (χ2n) is 7.00. The number of aryl methyl sites for hydroxylation is 1. The minimum absolute atomic E-state index is 0.0401. The Bertz CT molecular complexity index is 698. The number of carbonyl (C=O) groups excluding carboxylic acids is 2. The summed E-state index contributed by atoms with van der Waals surface area (Å²) in [5.74, 6) is -2.06. The van der Waals surface area contributed by atoms with Gasteiger partial charge in [0.15, 0.2) is 0 Å². The summed E-state index contributed by atoms with van der Waals surface area (Å²) in [6.45, 7) is 7.88. The first-order valence-corrected chi connectivity index (χ1v) is 8.18. The first-order chi connectivity index (χ1) is 11.9. The van der Waals surface area contributed by atoms with E-state index >= 15 is 0 Å². The summed E-state index contributed by atoms with van der Waals surface area (Å²) < 4.78 is 19.1. The Labute approximate surface area is 151 Å². The Balaban J connectivity index is 2.86. The van der Waals surface area contributed by atoms with Gasteiger partial charge in [-0.15, -0.1) is 0 Å².